The maximum Gasteiger partial charge on any atom is 0.0541 e. The lowest BCUT2D eigenvalue weighted by Crippen LogP contribution is -2.00. The number of rotatable bonds is 10. The second-order valence-corrected chi connectivity index (χ2v) is 26.0. The van der Waals surface area contributed by atoms with Crippen molar-refractivity contribution in [3.05, 3.63) is 327 Å². The maximum absolute atomic E-state index is 2.47. The molecule has 0 N–H and O–H groups in total. The number of thioether (sulfide) groups is 1. The highest BCUT2D eigenvalue weighted by Crippen LogP contribution is 2.57. The molecule has 0 spiro atoms. The number of fused-ring (bicyclic) bond motifs is 9. The molecule has 0 bridgehead atoms. The van der Waals surface area contributed by atoms with Gasteiger partial charge in [0.05, 0.1) is 11.0 Å². The zero-order valence-corrected chi connectivity index (χ0v) is 50.2. The summed E-state index contributed by atoms with van der Waals surface area (Å²) in [4.78, 5) is 3.90. The summed E-state index contributed by atoms with van der Waals surface area (Å²) in [6.45, 7) is 0. The topological polar surface area (TPSA) is 4.93 Å². The van der Waals surface area contributed by atoms with E-state index in [0.29, 0.717) is 5.25 Å². The van der Waals surface area contributed by atoms with Crippen molar-refractivity contribution >= 4 is 104 Å². The van der Waals surface area contributed by atoms with Gasteiger partial charge in [0.2, 0.25) is 0 Å². The monoisotopic (exact) mass is 1170 g/mol. The van der Waals surface area contributed by atoms with Crippen molar-refractivity contribution < 1.29 is 0 Å². The van der Waals surface area contributed by atoms with Gasteiger partial charge < -0.3 is 4.57 Å². The summed E-state index contributed by atoms with van der Waals surface area (Å²) in [5.41, 5.74) is 20.6. The summed E-state index contributed by atoms with van der Waals surface area (Å²) in [7, 11) is 0. The number of nitrogens with zero attached hydrogens (tertiary/aromatic N) is 1. The fourth-order valence-corrected chi connectivity index (χ4v) is 17.0. The Hall–Kier alpha value is -10.6. The number of benzene rings is 15. The summed E-state index contributed by atoms with van der Waals surface area (Å²) < 4.78 is 2.43. The SMILES string of the molecule is C1=C(c2ccccc2)SC(c2cc(-c3ccc(-c4c(-c5ccc(-n6c7ccccc7c7ccccc76)cc5)c(-c5ccccc5)c5c6cccc7c8ccccc8c8cccc(c5c4-c4ccccc4)c8c76)cc3)cc(-c3ccc(-c4ccccc4)s3)c2)C1. The molecular formula is C86H55NS2. The molecule has 1 atom stereocenters. The molecule has 0 aliphatic carbocycles. The van der Waals surface area contributed by atoms with Gasteiger partial charge in [0, 0.05) is 36.4 Å². The molecule has 1 unspecified atom stereocenters. The summed E-state index contributed by atoms with van der Waals surface area (Å²) >= 11 is 3.87. The summed E-state index contributed by atoms with van der Waals surface area (Å²) in [5, 5.41) is 15.6. The highest BCUT2D eigenvalue weighted by Gasteiger charge is 2.30. The van der Waals surface area contributed by atoms with E-state index in [2.05, 4.69) is 320 Å². The standard InChI is InChI=1S/C86H55NS2/c1-5-21-55(22-6-1)75-47-49-77(88-75)62-51-61(52-63(53-62)78-50-48-76(89-78)56-23-7-2-8-24-56)54-39-41-59(42-40-54)79-80(60-43-45-64(46-44-60)87-73-37-17-15-31-67(73)68-32-16-18-38-74(68)87)82(58-27-11-4-12-28-58)86-72-36-20-34-70-66-30-14-13-29-65(66)69-33-19-35-71(83(69)84(70)72)85(86)81(79)57-25-9-3-10-26-57/h1-49,51-53,78H,50H2. The maximum atomic E-state index is 2.47. The zero-order valence-electron chi connectivity index (χ0n) is 48.6. The number of thiophene rings is 1. The third kappa shape index (κ3) is 8.45. The fourth-order valence-electron chi connectivity index (χ4n) is 14.8. The van der Waals surface area contributed by atoms with E-state index in [4.69, 9.17) is 0 Å². The summed E-state index contributed by atoms with van der Waals surface area (Å²) in [6, 6.07) is 116. The first kappa shape index (κ1) is 51.7. The molecule has 89 heavy (non-hydrogen) atoms. The van der Waals surface area contributed by atoms with E-state index >= 15 is 0 Å². The third-order valence-electron chi connectivity index (χ3n) is 18.7. The van der Waals surface area contributed by atoms with E-state index < -0.39 is 0 Å². The first-order valence-electron chi connectivity index (χ1n) is 30.8. The van der Waals surface area contributed by atoms with Crippen LogP contribution in [0.1, 0.15) is 22.8 Å². The Bertz CT molecular complexity index is 5570. The van der Waals surface area contributed by atoms with Crippen molar-refractivity contribution in [1.29, 1.82) is 0 Å². The van der Waals surface area contributed by atoms with Crippen LogP contribution in [-0.4, -0.2) is 4.57 Å². The predicted molar refractivity (Wildman–Crippen MR) is 385 cm³/mol. The Morgan fingerprint density at radius 3 is 1.21 bits per heavy atom. The Morgan fingerprint density at radius 2 is 0.674 bits per heavy atom. The molecule has 3 heteroatoms. The van der Waals surface area contributed by atoms with Gasteiger partial charge in [0.1, 0.15) is 0 Å². The van der Waals surface area contributed by atoms with Crippen LogP contribution in [0.15, 0.2) is 315 Å². The van der Waals surface area contributed by atoms with Crippen LogP contribution in [0.4, 0.5) is 0 Å². The molecule has 15 aromatic carbocycles. The predicted octanol–water partition coefficient (Wildman–Crippen LogP) is 24.9. The molecule has 18 rings (SSSR count). The second kappa shape index (κ2) is 21.1. The number of hydrogen-bond acceptors (Lipinski definition) is 2. The molecule has 1 nitrogen and oxygen atoms in total. The van der Waals surface area contributed by atoms with Crippen molar-refractivity contribution in [3.8, 4) is 82.2 Å². The molecule has 0 radical (unpaired) electrons. The van der Waals surface area contributed by atoms with Crippen LogP contribution >= 0.6 is 23.1 Å². The number of allylic oxidation sites excluding steroid dienone is 1. The quantitative estimate of drug-likeness (QED) is 0.0976. The lowest BCUT2D eigenvalue weighted by Gasteiger charge is -2.27. The minimum absolute atomic E-state index is 0.291. The highest BCUT2D eigenvalue weighted by molar-refractivity contribution is 8.08. The first-order valence-corrected chi connectivity index (χ1v) is 32.5. The van der Waals surface area contributed by atoms with Gasteiger partial charge in [-0.2, -0.15) is 0 Å². The van der Waals surface area contributed by atoms with Crippen LogP contribution in [0.2, 0.25) is 0 Å². The average molecular weight is 1170 g/mol. The Balaban J connectivity index is 0.911. The van der Waals surface area contributed by atoms with Crippen LogP contribution in [0, 0.1) is 0 Å². The highest BCUT2D eigenvalue weighted by atomic mass is 32.2. The van der Waals surface area contributed by atoms with Crippen LogP contribution in [-0.2, 0) is 0 Å². The smallest absolute Gasteiger partial charge is 0.0541 e. The summed E-state index contributed by atoms with van der Waals surface area (Å²) in [5.74, 6) is 0. The molecule has 416 valence electrons. The lowest BCUT2D eigenvalue weighted by atomic mass is 9.75. The van der Waals surface area contributed by atoms with Crippen LogP contribution in [0.5, 0.6) is 0 Å². The molecule has 0 saturated heterocycles. The average Bonchev–Trinajstić information content (AvgIpc) is 1.73. The summed E-state index contributed by atoms with van der Waals surface area (Å²) in [6.07, 6.45) is 3.42. The molecule has 0 saturated carbocycles. The van der Waals surface area contributed by atoms with E-state index in [1.807, 2.05) is 23.1 Å². The van der Waals surface area contributed by atoms with Gasteiger partial charge in [0.25, 0.3) is 0 Å². The van der Waals surface area contributed by atoms with Crippen LogP contribution < -0.4 is 0 Å². The third-order valence-corrected chi connectivity index (χ3v) is 21.3. The molecule has 0 fully saturated rings. The van der Waals surface area contributed by atoms with Crippen molar-refractivity contribution in [3.63, 3.8) is 0 Å². The van der Waals surface area contributed by atoms with Crippen molar-refractivity contribution in [2.75, 3.05) is 0 Å². The van der Waals surface area contributed by atoms with Crippen LogP contribution in [0.3, 0.4) is 0 Å². The van der Waals surface area contributed by atoms with Gasteiger partial charge in [-0.15, -0.1) is 23.1 Å². The normalized spacial score (nSPS) is 13.5. The van der Waals surface area contributed by atoms with Crippen molar-refractivity contribution in [2.24, 2.45) is 0 Å². The second-order valence-electron chi connectivity index (χ2n) is 23.6. The molecule has 0 amide bonds. The zero-order chi connectivity index (χ0) is 58.5. The Labute approximate surface area is 525 Å². The first-order chi connectivity index (χ1) is 44.2. The molecule has 1 aliphatic heterocycles. The number of hydrogen-bond donors (Lipinski definition) is 0. The van der Waals surface area contributed by atoms with Crippen molar-refractivity contribution in [1.82, 2.24) is 4.57 Å². The van der Waals surface area contributed by atoms with Gasteiger partial charge >= 0.3 is 0 Å². The van der Waals surface area contributed by atoms with E-state index in [1.54, 1.807) is 0 Å². The molecular weight excluding hydrogens is 1110 g/mol. The minimum Gasteiger partial charge on any atom is -0.309 e. The van der Waals surface area contributed by atoms with E-state index in [9.17, 15) is 0 Å². The van der Waals surface area contributed by atoms with Crippen molar-refractivity contribution in [2.45, 2.75) is 11.7 Å². The van der Waals surface area contributed by atoms with Gasteiger partial charge in [-0.25, -0.2) is 0 Å². The minimum atomic E-state index is 0.291. The molecule has 3 heterocycles. The Kier molecular flexibility index (Phi) is 12.2. The van der Waals surface area contributed by atoms with Crippen LogP contribution in [0.25, 0.3) is 163 Å². The van der Waals surface area contributed by atoms with E-state index in [-0.39, 0.29) is 0 Å². The van der Waals surface area contributed by atoms with Gasteiger partial charge in [-0.05, 0) is 193 Å². The number of aromatic nitrogens is 1. The number of para-hydroxylation sites is 2. The molecule has 2 aromatic heterocycles. The van der Waals surface area contributed by atoms with E-state index in [0.717, 1.165) is 23.2 Å². The molecule has 1 aliphatic rings. The Morgan fingerprint density at radius 1 is 0.270 bits per heavy atom. The fraction of sp³-hybridized carbons (Fsp3) is 0.0233. The van der Waals surface area contributed by atoms with E-state index in [1.165, 1.54) is 157 Å². The largest absolute Gasteiger partial charge is 0.309 e. The van der Waals surface area contributed by atoms with Gasteiger partial charge in [-0.1, -0.05) is 261 Å². The molecule has 17 aromatic rings. The lowest BCUT2D eigenvalue weighted by molar-refractivity contribution is 0.992. The van der Waals surface area contributed by atoms with Gasteiger partial charge in [-0.3, -0.25) is 0 Å². The van der Waals surface area contributed by atoms with Gasteiger partial charge in [0.15, 0.2) is 0 Å².